The molecule has 206 valence electrons. The SMILES string of the molecule is C=C[C@@H]1CC[C@@H](c2nc(-c3ccc(C(=O)Nc4cc(C(F)(F)F)ccn4)cc3)c3c(N)nccn23)[C@@H]1CC(=O)O. The molecule has 1 fully saturated rings. The number of nitrogens with one attached hydrogen (secondary N) is 1. The minimum atomic E-state index is -4.56. The molecule has 3 atom stereocenters. The van der Waals surface area contributed by atoms with Gasteiger partial charge in [0.1, 0.15) is 28.7 Å². The second kappa shape index (κ2) is 10.4. The number of benzene rings is 1. The molecule has 0 saturated heterocycles. The summed E-state index contributed by atoms with van der Waals surface area (Å²) >= 11 is 0. The largest absolute Gasteiger partial charge is 0.481 e. The average molecular weight is 551 g/mol. The summed E-state index contributed by atoms with van der Waals surface area (Å²) in [5.74, 6) is -1.12. The summed E-state index contributed by atoms with van der Waals surface area (Å²) in [5.41, 5.74) is 7.23. The van der Waals surface area contributed by atoms with E-state index >= 15 is 0 Å². The second-order valence-electron chi connectivity index (χ2n) is 9.65. The van der Waals surface area contributed by atoms with Gasteiger partial charge in [0.05, 0.1) is 5.56 Å². The monoisotopic (exact) mass is 550 g/mol. The van der Waals surface area contributed by atoms with Gasteiger partial charge in [-0.2, -0.15) is 13.2 Å². The lowest BCUT2D eigenvalue weighted by atomic mass is 9.86. The van der Waals surface area contributed by atoms with Crippen molar-refractivity contribution in [2.45, 2.75) is 31.4 Å². The van der Waals surface area contributed by atoms with Gasteiger partial charge in [-0.25, -0.2) is 15.0 Å². The van der Waals surface area contributed by atoms with Crippen LogP contribution in [0.2, 0.25) is 0 Å². The molecule has 4 N–H and O–H groups in total. The van der Waals surface area contributed by atoms with Crippen LogP contribution >= 0.6 is 0 Å². The summed E-state index contributed by atoms with van der Waals surface area (Å²) in [7, 11) is 0. The maximum absolute atomic E-state index is 13.0. The van der Waals surface area contributed by atoms with Crippen molar-refractivity contribution in [1.29, 1.82) is 0 Å². The van der Waals surface area contributed by atoms with Gasteiger partial charge in [0, 0.05) is 42.1 Å². The van der Waals surface area contributed by atoms with Gasteiger partial charge >= 0.3 is 12.1 Å². The van der Waals surface area contributed by atoms with Crippen LogP contribution in [-0.4, -0.2) is 36.3 Å². The normalized spacial score (nSPS) is 19.0. The van der Waals surface area contributed by atoms with Crippen molar-refractivity contribution in [3.63, 3.8) is 0 Å². The summed E-state index contributed by atoms with van der Waals surface area (Å²) in [6.07, 6.45) is 3.02. The minimum Gasteiger partial charge on any atom is -0.481 e. The maximum atomic E-state index is 13.0. The van der Waals surface area contributed by atoms with Crippen LogP contribution in [-0.2, 0) is 11.0 Å². The molecule has 40 heavy (non-hydrogen) atoms. The van der Waals surface area contributed by atoms with Crippen LogP contribution in [0.4, 0.5) is 24.8 Å². The molecule has 3 aromatic heterocycles. The first-order valence-electron chi connectivity index (χ1n) is 12.5. The number of amides is 1. The zero-order valence-electron chi connectivity index (χ0n) is 21.1. The fourth-order valence-electron chi connectivity index (χ4n) is 5.40. The highest BCUT2D eigenvalue weighted by Gasteiger charge is 2.39. The van der Waals surface area contributed by atoms with E-state index in [1.165, 1.54) is 12.1 Å². The Kier molecular flexibility index (Phi) is 7.01. The summed E-state index contributed by atoms with van der Waals surface area (Å²) in [4.78, 5) is 37.2. The number of carboxylic acids is 1. The lowest BCUT2D eigenvalue weighted by Crippen LogP contribution is -2.18. The van der Waals surface area contributed by atoms with Gasteiger partial charge in [-0.3, -0.25) is 14.0 Å². The Morgan fingerprint density at radius 2 is 1.90 bits per heavy atom. The third-order valence-electron chi connectivity index (χ3n) is 7.28. The number of aromatic nitrogens is 4. The molecule has 1 aromatic carbocycles. The molecule has 1 amide bonds. The van der Waals surface area contributed by atoms with Crippen molar-refractivity contribution >= 4 is 29.0 Å². The number of halogens is 3. The second-order valence-corrected chi connectivity index (χ2v) is 9.65. The number of hydrogen-bond acceptors (Lipinski definition) is 6. The Bertz CT molecular complexity index is 1600. The Hall–Kier alpha value is -4.74. The summed E-state index contributed by atoms with van der Waals surface area (Å²) < 4.78 is 40.8. The fourth-order valence-corrected chi connectivity index (χ4v) is 5.40. The minimum absolute atomic E-state index is 0.0172. The van der Waals surface area contributed by atoms with E-state index in [1.54, 1.807) is 30.6 Å². The molecule has 5 rings (SSSR count). The molecule has 0 spiro atoms. The number of carboxylic acid groups (broad SMARTS) is 1. The number of allylic oxidation sites excluding steroid dienone is 1. The van der Waals surface area contributed by atoms with Crippen molar-refractivity contribution in [3.05, 3.63) is 84.6 Å². The quantitative estimate of drug-likeness (QED) is 0.262. The molecule has 4 aromatic rings. The highest BCUT2D eigenvalue weighted by molar-refractivity contribution is 6.04. The van der Waals surface area contributed by atoms with Crippen LogP contribution in [0.15, 0.2) is 67.6 Å². The van der Waals surface area contributed by atoms with E-state index in [0.29, 0.717) is 22.6 Å². The predicted molar refractivity (Wildman–Crippen MR) is 141 cm³/mol. The van der Waals surface area contributed by atoms with Gasteiger partial charge in [-0.15, -0.1) is 6.58 Å². The summed E-state index contributed by atoms with van der Waals surface area (Å²) in [6.45, 7) is 3.88. The van der Waals surface area contributed by atoms with Gasteiger partial charge in [-0.1, -0.05) is 18.2 Å². The van der Waals surface area contributed by atoms with Crippen molar-refractivity contribution in [3.8, 4) is 11.3 Å². The molecule has 1 aliphatic rings. The third kappa shape index (κ3) is 5.12. The summed E-state index contributed by atoms with van der Waals surface area (Å²) in [5, 5.41) is 11.9. The van der Waals surface area contributed by atoms with E-state index < -0.39 is 23.6 Å². The number of pyridine rings is 1. The Balaban J connectivity index is 1.46. The van der Waals surface area contributed by atoms with E-state index in [-0.39, 0.29) is 41.4 Å². The Morgan fingerprint density at radius 1 is 1.15 bits per heavy atom. The van der Waals surface area contributed by atoms with E-state index in [2.05, 4.69) is 21.9 Å². The number of nitrogens with two attached hydrogens (primary N) is 1. The van der Waals surface area contributed by atoms with E-state index in [4.69, 9.17) is 10.7 Å². The zero-order valence-corrected chi connectivity index (χ0v) is 21.1. The molecule has 3 heterocycles. The topological polar surface area (TPSA) is 136 Å². The number of carbonyl (C=O) groups excluding carboxylic acids is 1. The molecule has 1 aliphatic carbocycles. The molecule has 0 bridgehead atoms. The average Bonchev–Trinajstić information content (AvgIpc) is 3.50. The number of rotatable bonds is 7. The highest BCUT2D eigenvalue weighted by atomic mass is 19.4. The van der Waals surface area contributed by atoms with Crippen LogP contribution < -0.4 is 11.1 Å². The molecule has 0 aliphatic heterocycles. The fraction of sp³-hybridized carbons (Fsp3) is 0.250. The zero-order chi connectivity index (χ0) is 28.6. The van der Waals surface area contributed by atoms with Crippen LogP contribution in [0.3, 0.4) is 0 Å². The number of nitrogen functional groups attached to an aromatic ring is 1. The van der Waals surface area contributed by atoms with Crippen LogP contribution in [0, 0.1) is 11.8 Å². The van der Waals surface area contributed by atoms with Crippen molar-refractivity contribution in [1.82, 2.24) is 19.4 Å². The number of aliphatic carboxylic acids is 1. The molecule has 1 saturated carbocycles. The van der Waals surface area contributed by atoms with E-state index in [1.807, 2.05) is 4.40 Å². The lowest BCUT2D eigenvalue weighted by Gasteiger charge is -2.20. The molecule has 0 radical (unpaired) electrons. The lowest BCUT2D eigenvalue weighted by molar-refractivity contribution is -0.139. The Morgan fingerprint density at radius 3 is 2.58 bits per heavy atom. The first-order valence-corrected chi connectivity index (χ1v) is 12.5. The van der Waals surface area contributed by atoms with E-state index in [9.17, 15) is 27.9 Å². The number of carbonyl (C=O) groups is 2. The number of fused-ring (bicyclic) bond motifs is 1. The van der Waals surface area contributed by atoms with Crippen molar-refractivity contribution < 1.29 is 27.9 Å². The predicted octanol–water partition coefficient (Wildman–Crippen LogP) is 5.42. The van der Waals surface area contributed by atoms with Crippen LogP contribution in [0.5, 0.6) is 0 Å². The molecule has 9 nitrogen and oxygen atoms in total. The smallest absolute Gasteiger partial charge is 0.416 e. The van der Waals surface area contributed by atoms with E-state index in [0.717, 1.165) is 31.2 Å². The van der Waals surface area contributed by atoms with Crippen molar-refractivity contribution in [2.24, 2.45) is 11.8 Å². The number of nitrogens with zero attached hydrogens (tertiary/aromatic N) is 4. The first kappa shape index (κ1) is 26.9. The first-order chi connectivity index (χ1) is 19.1. The van der Waals surface area contributed by atoms with Crippen LogP contribution in [0.25, 0.3) is 16.8 Å². The summed E-state index contributed by atoms with van der Waals surface area (Å²) in [6, 6.07) is 7.93. The maximum Gasteiger partial charge on any atom is 0.416 e. The van der Waals surface area contributed by atoms with Gasteiger partial charge in [0.2, 0.25) is 0 Å². The molecular formula is C28H25F3N6O3. The number of alkyl halides is 3. The van der Waals surface area contributed by atoms with Gasteiger partial charge < -0.3 is 16.2 Å². The van der Waals surface area contributed by atoms with Gasteiger partial charge in [-0.05, 0) is 48.9 Å². The third-order valence-corrected chi connectivity index (χ3v) is 7.28. The number of anilines is 2. The standard InChI is InChI=1S/C28H25F3N6O3/c1-2-15-7-8-19(20(15)14-22(38)39)26-36-23(24-25(32)34-11-12-37(24)26)16-3-5-17(6-4-16)27(40)35-21-13-18(9-10-33-21)28(29,30)31/h2-6,9-13,15,19-20H,1,7-8,14H2,(H2,32,34)(H,38,39)(H,33,35,40)/t15-,19-,20-/m1/s1. The van der Waals surface area contributed by atoms with Crippen LogP contribution in [0.1, 0.15) is 46.9 Å². The van der Waals surface area contributed by atoms with Gasteiger partial charge in [0.15, 0.2) is 0 Å². The molecular weight excluding hydrogens is 525 g/mol. The molecule has 12 heteroatoms. The number of hydrogen-bond donors (Lipinski definition) is 3. The van der Waals surface area contributed by atoms with Crippen molar-refractivity contribution in [2.75, 3.05) is 11.1 Å². The van der Waals surface area contributed by atoms with Gasteiger partial charge in [0.25, 0.3) is 5.91 Å². The Labute approximate surface area is 226 Å². The molecule has 0 unspecified atom stereocenters. The highest BCUT2D eigenvalue weighted by Crippen LogP contribution is 2.46. The number of imidazole rings is 1.